The monoisotopic (exact) mass is 274 g/mol. The summed E-state index contributed by atoms with van der Waals surface area (Å²) in [5.74, 6) is 0. The molecule has 0 aromatic carbocycles. The molecule has 0 amide bonds. The third kappa shape index (κ3) is 8.03. The number of unbranched alkanes of at least 4 members (excludes halogenated alkanes) is 5. The van der Waals surface area contributed by atoms with Gasteiger partial charge >= 0.3 is 8.80 Å². The summed E-state index contributed by atoms with van der Waals surface area (Å²) in [6, 6.07) is 0. The van der Waals surface area contributed by atoms with Crippen LogP contribution in [-0.2, 0) is 13.3 Å². The summed E-state index contributed by atoms with van der Waals surface area (Å²) >= 11 is 0. The number of hydrogen-bond acceptors (Lipinski definition) is 3. The molecule has 0 saturated heterocycles. The molecule has 0 saturated carbocycles. The quantitative estimate of drug-likeness (QED) is 0.374. The van der Waals surface area contributed by atoms with Gasteiger partial charge < -0.3 is 13.3 Å². The fourth-order valence-electron chi connectivity index (χ4n) is 1.80. The highest BCUT2D eigenvalue weighted by Crippen LogP contribution is 2.13. The molecule has 0 aliphatic rings. The van der Waals surface area contributed by atoms with Crippen molar-refractivity contribution >= 4 is 8.80 Å². The smallest absolute Gasteiger partial charge is 0.371 e. The summed E-state index contributed by atoms with van der Waals surface area (Å²) in [4.78, 5) is 0. The molecule has 0 bridgehead atoms. The first kappa shape index (κ1) is 17.8. The van der Waals surface area contributed by atoms with Crippen molar-refractivity contribution in [3.63, 3.8) is 0 Å². The first-order valence-electron chi connectivity index (χ1n) is 7.30. The predicted molar refractivity (Wildman–Crippen MR) is 78.5 cm³/mol. The second kappa shape index (κ2) is 11.9. The van der Waals surface area contributed by atoms with Crippen molar-refractivity contribution in [2.24, 2.45) is 0 Å². The van der Waals surface area contributed by atoms with E-state index in [-0.39, 0.29) is 0 Å². The lowest BCUT2D eigenvalue weighted by molar-refractivity contribution is 0.0783. The standard InChI is InChI=1S/C14H30O3Si/c1-5-9-10-11-12-13-14-17-18(8-4,15-6-2)16-7-3/h8H,4-7,9-14H2,1-3H3. The molecule has 0 aliphatic heterocycles. The van der Waals surface area contributed by atoms with Gasteiger partial charge in [-0.2, -0.15) is 0 Å². The van der Waals surface area contributed by atoms with Crippen LogP contribution >= 0.6 is 0 Å². The van der Waals surface area contributed by atoms with Crippen LogP contribution in [0, 0.1) is 0 Å². The number of hydrogen-bond donors (Lipinski definition) is 0. The molecule has 0 radical (unpaired) electrons. The second-order valence-corrected chi connectivity index (χ2v) is 6.77. The van der Waals surface area contributed by atoms with Crippen LogP contribution in [0.1, 0.15) is 59.3 Å². The van der Waals surface area contributed by atoms with Crippen molar-refractivity contribution in [2.45, 2.75) is 59.3 Å². The zero-order valence-electron chi connectivity index (χ0n) is 12.4. The van der Waals surface area contributed by atoms with Gasteiger partial charge in [-0.25, -0.2) is 0 Å². The maximum atomic E-state index is 5.84. The Balaban J connectivity index is 3.78. The summed E-state index contributed by atoms with van der Waals surface area (Å²) in [5.41, 5.74) is 1.73. The van der Waals surface area contributed by atoms with E-state index in [9.17, 15) is 0 Å². The zero-order chi connectivity index (χ0) is 13.7. The lowest BCUT2D eigenvalue weighted by Gasteiger charge is -2.25. The summed E-state index contributed by atoms with van der Waals surface area (Å²) < 4.78 is 17.1. The van der Waals surface area contributed by atoms with E-state index < -0.39 is 8.80 Å². The van der Waals surface area contributed by atoms with Crippen molar-refractivity contribution in [1.82, 2.24) is 0 Å². The van der Waals surface area contributed by atoms with Gasteiger partial charge in [0.05, 0.1) is 0 Å². The maximum Gasteiger partial charge on any atom is 0.528 e. The highest BCUT2D eigenvalue weighted by atomic mass is 28.4. The molecule has 0 heterocycles. The van der Waals surface area contributed by atoms with Crippen LogP contribution in [0.2, 0.25) is 0 Å². The summed E-state index contributed by atoms with van der Waals surface area (Å²) in [6.45, 7) is 11.9. The molecule has 0 atom stereocenters. The molecule has 0 aromatic heterocycles. The Morgan fingerprint density at radius 2 is 1.39 bits per heavy atom. The van der Waals surface area contributed by atoms with Crippen molar-refractivity contribution in [3.05, 3.63) is 12.3 Å². The van der Waals surface area contributed by atoms with Crippen molar-refractivity contribution in [1.29, 1.82) is 0 Å². The molecule has 3 nitrogen and oxygen atoms in total. The lowest BCUT2D eigenvalue weighted by Crippen LogP contribution is -2.44. The van der Waals surface area contributed by atoms with E-state index in [2.05, 4.69) is 13.5 Å². The van der Waals surface area contributed by atoms with Gasteiger partial charge in [0, 0.05) is 19.8 Å². The van der Waals surface area contributed by atoms with E-state index in [1.165, 1.54) is 32.1 Å². The predicted octanol–water partition coefficient (Wildman–Crippen LogP) is 4.10. The molecule has 108 valence electrons. The van der Waals surface area contributed by atoms with Gasteiger partial charge in [-0.05, 0) is 26.0 Å². The Morgan fingerprint density at radius 3 is 1.89 bits per heavy atom. The highest BCUT2D eigenvalue weighted by Gasteiger charge is 2.36. The van der Waals surface area contributed by atoms with Crippen LogP contribution in [0.15, 0.2) is 12.3 Å². The zero-order valence-corrected chi connectivity index (χ0v) is 13.4. The van der Waals surface area contributed by atoms with Gasteiger partial charge in [0.2, 0.25) is 0 Å². The second-order valence-electron chi connectivity index (χ2n) is 4.29. The normalized spacial score (nSPS) is 11.7. The molecule has 4 heteroatoms. The Labute approximate surface area is 114 Å². The van der Waals surface area contributed by atoms with Crippen LogP contribution in [0.4, 0.5) is 0 Å². The van der Waals surface area contributed by atoms with Crippen LogP contribution < -0.4 is 0 Å². The first-order valence-corrected chi connectivity index (χ1v) is 9.10. The van der Waals surface area contributed by atoms with Crippen molar-refractivity contribution in [3.8, 4) is 0 Å². The molecular formula is C14H30O3Si. The van der Waals surface area contributed by atoms with E-state index >= 15 is 0 Å². The van der Waals surface area contributed by atoms with Crippen LogP contribution in [0.5, 0.6) is 0 Å². The van der Waals surface area contributed by atoms with E-state index in [1.807, 2.05) is 13.8 Å². The Kier molecular flexibility index (Phi) is 11.8. The highest BCUT2D eigenvalue weighted by molar-refractivity contribution is 6.66. The molecule has 0 fully saturated rings. The minimum Gasteiger partial charge on any atom is -0.371 e. The van der Waals surface area contributed by atoms with E-state index in [1.54, 1.807) is 5.70 Å². The van der Waals surface area contributed by atoms with Gasteiger partial charge in [-0.1, -0.05) is 45.6 Å². The maximum absolute atomic E-state index is 5.84. The minimum atomic E-state index is -2.58. The van der Waals surface area contributed by atoms with Gasteiger partial charge in [0.25, 0.3) is 0 Å². The van der Waals surface area contributed by atoms with E-state index in [0.29, 0.717) is 19.8 Å². The summed E-state index contributed by atoms with van der Waals surface area (Å²) in [6.07, 6.45) is 7.55. The Bertz CT molecular complexity index is 191. The Hall–Kier alpha value is -0.163. The largest absolute Gasteiger partial charge is 0.528 e. The molecule has 0 spiro atoms. The van der Waals surface area contributed by atoms with E-state index in [4.69, 9.17) is 13.3 Å². The topological polar surface area (TPSA) is 27.7 Å². The molecule has 18 heavy (non-hydrogen) atoms. The van der Waals surface area contributed by atoms with Crippen LogP contribution in [0.3, 0.4) is 0 Å². The van der Waals surface area contributed by atoms with Gasteiger partial charge in [-0.15, -0.1) is 0 Å². The van der Waals surface area contributed by atoms with Gasteiger partial charge in [0.15, 0.2) is 0 Å². The molecular weight excluding hydrogens is 244 g/mol. The summed E-state index contributed by atoms with van der Waals surface area (Å²) in [5, 5.41) is 0. The van der Waals surface area contributed by atoms with Crippen LogP contribution in [0.25, 0.3) is 0 Å². The number of rotatable bonds is 13. The van der Waals surface area contributed by atoms with Crippen molar-refractivity contribution in [2.75, 3.05) is 19.8 Å². The average Bonchev–Trinajstić information content (AvgIpc) is 2.38. The fraction of sp³-hybridized carbons (Fsp3) is 0.857. The first-order chi connectivity index (χ1) is 8.74. The van der Waals surface area contributed by atoms with Gasteiger partial charge in [-0.3, -0.25) is 0 Å². The third-order valence-electron chi connectivity index (χ3n) is 2.74. The lowest BCUT2D eigenvalue weighted by atomic mass is 10.1. The summed E-state index contributed by atoms with van der Waals surface area (Å²) in [7, 11) is -2.58. The molecule has 0 N–H and O–H groups in total. The fourth-order valence-corrected chi connectivity index (χ4v) is 3.64. The molecule has 0 aliphatic carbocycles. The Morgan fingerprint density at radius 1 is 0.833 bits per heavy atom. The SMILES string of the molecule is C=C[Si](OCC)(OCC)OCCCCCCCC. The molecule has 0 unspecified atom stereocenters. The van der Waals surface area contributed by atoms with Gasteiger partial charge in [0.1, 0.15) is 0 Å². The average molecular weight is 274 g/mol. The van der Waals surface area contributed by atoms with E-state index in [0.717, 1.165) is 6.42 Å². The molecule has 0 rings (SSSR count). The minimum absolute atomic E-state index is 0.606. The third-order valence-corrected chi connectivity index (χ3v) is 5.23. The van der Waals surface area contributed by atoms with Crippen LogP contribution in [-0.4, -0.2) is 28.6 Å². The molecule has 0 aromatic rings. The van der Waals surface area contributed by atoms with Crippen molar-refractivity contribution < 1.29 is 13.3 Å².